The number of benzene rings is 6. The minimum Gasteiger partial charge on any atom is -0.310 e. The molecule has 0 amide bonds. The van der Waals surface area contributed by atoms with Crippen LogP contribution in [-0.4, -0.2) is 0 Å². The zero-order valence-corrected chi connectivity index (χ0v) is 37.7. The molecule has 0 saturated heterocycles. The third-order valence-electron chi connectivity index (χ3n) is 16.4. The first-order valence-corrected chi connectivity index (χ1v) is 25.0. The van der Waals surface area contributed by atoms with E-state index in [1.54, 1.807) is 22.3 Å². The van der Waals surface area contributed by atoms with Gasteiger partial charge < -0.3 is 4.90 Å². The monoisotopic (exact) mass is 814 g/mol. The maximum atomic E-state index is 2.65. The molecule has 0 unspecified atom stereocenters. The predicted octanol–water partition coefficient (Wildman–Crippen LogP) is 17.8. The lowest BCUT2D eigenvalue weighted by Crippen LogP contribution is -2.18. The van der Waals surface area contributed by atoms with E-state index < -0.39 is 0 Å². The molecule has 62 heavy (non-hydrogen) atoms. The Balaban J connectivity index is 1.02. The van der Waals surface area contributed by atoms with E-state index in [1.807, 2.05) is 0 Å². The molecule has 6 aromatic carbocycles. The van der Waals surface area contributed by atoms with Crippen molar-refractivity contribution < 1.29 is 0 Å². The Morgan fingerprint density at radius 3 is 1.68 bits per heavy atom. The van der Waals surface area contributed by atoms with Crippen LogP contribution in [0.15, 0.2) is 121 Å². The molecule has 5 aliphatic rings. The molecule has 1 nitrogen and oxygen atoms in total. The molecule has 0 atom stereocenters. The van der Waals surface area contributed by atoms with E-state index in [0.717, 1.165) is 12.8 Å². The Hall–Kier alpha value is -4.88. The highest BCUT2D eigenvalue weighted by molar-refractivity contribution is 5.88. The van der Waals surface area contributed by atoms with Crippen LogP contribution in [0.3, 0.4) is 0 Å². The number of hydrogen-bond acceptors (Lipinski definition) is 1. The second kappa shape index (κ2) is 17.0. The minimum atomic E-state index is -0.0566. The lowest BCUT2D eigenvalue weighted by molar-refractivity contribution is 0.435. The summed E-state index contributed by atoms with van der Waals surface area (Å²) < 4.78 is 0. The number of anilines is 3. The van der Waals surface area contributed by atoms with Gasteiger partial charge in [-0.1, -0.05) is 157 Å². The van der Waals surface area contributed by atoms with Gasteiger partial charge in [-0.25, -0.2) is 0 Å². The second-order valence-corrected chi connectivity index (χ2v) is 20.6. The summed E-state index contributed by atoms with van der Waals surface area (Å²) in [5.41, 5.74) is 23.0. The molecule has 0 bridgehead atoms. The van der Waals surface area contributed by atoms with E-state index in [1.165, 1.54) is 176 Å². The van der Waals surface area contributed by atoms with E-state index in [-0.39, 0.29) is 5.41 Å². The van der Waals surface area contributed by atoms with Gasteiger partial charge in [-0.05, 0) is 191 Å². The Morgan fingerprint density at radius 1 is 0.387 bits per heavy atom. The molecule has 0 spiro atoms. The van der Waals surface area contributed by atoms with Crippen molar-refractivity contribution in [3.63, 3.8) is 0 Å². The Labute approximate surface area is 373 Å². The summed E-state index contributed by atoms with van der Waals surface area (Å²) in [6, 6.07) is 48.6. The normalized spacial score (nSPS) is 19.1. The minimum absolute atomic E-state index is 0.0566. The third kappa shape index (κ3) is 7.46. The van der Waals surface area contributed by atoms with Gasteiger partial charge in [0, 0.05) is 22.5 Å². The summed E-state index contributed by atoms with van der Waals surface area (Å²) in [6.07, 6.45) is 25.2. The number of rotatable bonds is 8. The highest BCUT2D eigenvalue weighted by Crippen LogP contribution is 2.52. The van der Waals surface area contributed by atoms with Crippen LogP contribution in [-0.2, 0) is 18.3 Å². The van der Waals surface area contributed by atoms with Crippen LogP contribution in [0.5, 0.6) is 0 Å². The zero-order chi connectivity index (χ0) is 41.6. The fourth-order valence-electron chi connectivity index (χ4n) is 13.0. The molecular weight excluding hydrogens is 747 g/mol. The van der Waals surface area contributed by atoms with Gasteiger partial charge in [-0.15, -0.1) is 0 Å². The number of fused-ring (bicyclic) bond motifs is 4. The highest BCUT2D eigenvalue weighted by atomic mass is 15.1. The quantitative estimate of drug-likeness (QED) is 0.148. The van der Waals surface area contributed by atoms with Gasteiger partial charge in [0.2, 0.25) is 0 Å². The molecule has 5 aliphatic carbocycles. The van der Waals surface area contributed by atoms with Gasteiger partial charge in [-0.2, -0.15) is 0 Å². The predicted molar refractivity (Wildman–Crippen MR) is 264 cm³/mol. The van der Waals surface area contributed by atoms with E-state index in [2.05, 4.69) is 140 Å². The first-order chi connectivity index (χ1) is 30.5. The van der Waals surface area contributed by atoms with Crippen LogP contribution >= 0.6 is 0 Å². The fraction of sp³-hybridized carbons (Fsp3) is 0.410. The maximum absolute atomic E-state index is 2.65. The summed E-state index contributed by atoms with van der Waals surface area (Å²) in [6.45, 7) is 4.84. The van der Waals surface area contributed by atoms with Crippen LogP contribution in [0.4, 0.5) is 17.1 Å². The summed E-state index contributed by atoms with van der Waals surface area (Å²) in [5.74, 6) is 2.09. The highest BCUT2D eigenvalue weighted by Gasteiger charge is 2.36. The van der Waals surface area contributed by atoms with Crippen LogP contribution in [0, 0.1) is 0 Å². The molecule has 0 radical (unpaired) electrons. The lowest BCUT2D eigenvalue weighted by Gasteiger charge is -2.33. The summed E-state index contributed by atoms with van der Waals surface area (Å²) >= 11 is 0. The third-order valence-corrected chi connectivity index (χ3v) is 16.4. The van der Waals surface area contributed by atoms with Crippen molar-refractivity contribution in [2.45, 2.75) is 159 Å². The van der Waals surface area contributed by atoms with Crippen molar-refractivity contribution in [3.05, 3.63) is 160 Å². The molecule has 0 aliphatic heterocycles. The van der Waals surface area contributed by atoms with Crippen LogP contribution in [0.2, 0.25) is 0 Å². The molecule has 0 N–H and O–H groups in total. The zero-order valence-electron chi connectivity index (χ0n) is 37.7. The molecule has 0 heterocycles. The van der Waals surface area contributed by atoms with Crippen LogP contribution in [0.1, 0.15) is 180 Å². The summed E-state index contributed by atoms with van der Waals surface area (Å²) in [7, 11) is 0. The number of nitrogens with zero attached hydrogens (tertiary/aromatic N) is 1. The standard InChI is InChI=1S/C61H67N/c1-61(2)58-31-15-14-29-55(58)56-33-32-52(41-59(56)61)62(51-27-17-25-46(40-51)42-18-6-3-7-19-42)60-35-34-53(54-28-12-13-30-57(54)60)47-26-16-24-45(36-47)50-38-48(43-20-8-4-9-21-43)37-49(39-50)44-22-10-5-11-23-44/h14-17,24-27,29,31-44H,3-13,18-23,28,30H2,1-2H3. The smallest absolute Gasteiger partial charge is 0.0496 e. The fourth-order valence-corrected chi connectivity index (χ4v) is 13.0. The van der Waals surface area contributed by atoms with Crippen molar-refractivity contribution in [1.82, 2.24) is 0 Å². The first-order valence-electron chi connectivity index (χ1n) is 25.0. The first kappa shape index (κ1) is 39.9. The molecule has 316 valence electrons. The number of hydrogen-bond donors (Lipinski definition) is 0. The summed E-state index contributed by atoms with van der Waals surface area (Å²) in [4.78, 5) is 2.65. The van der Waals surface area contributed by atoms with E-state index in [4.69, 9.17) is 0 Å². The SMILES string of the molecule is CC1(C)c2ccccc2-c2ccc(N(c3cccc(C4CCCCC4)c3)c3ccc(-c4cccc(-c5cc(C6CCCCC6)cc(C6CCCCC6)c5)c4)c4c3CCCC4)cc21. The van der Waals surface area contributed by atoms with Gasteiger partial charge in [0.25, 0.3) is 0 Å². The molecule has 11 rings (SSSR count). The topological polar surface area (TPSA) is 3.24 Å². The Kier molecular flexibility index (Phi) is 11.0. The second-order valence-electron chi connectivity index (χ2n) is 20.6. The summed E-state index contributed by atoms with van der Waals surface area (Å²) in [5, 5.41) is 0. The molecule has 3 saturated carbocycles. The van der Waals surface area contributed by atoms with E-state index in [9.17, 15) is 0 Å². The average Bonchev–Trinajstić information content (AvgIpc) is 3.57. The molecule has 6 aromatic rings. The lowest BCUT2D eigenvalue weighted by atomic mass is 9.78. The van der Waals surface area contributed by atoms with Crippen LogP contribution in [0.25, 0.3) is 33.4 Å². The van der Waals surface area contributed by atoms with E-state index >= 15 is 0 Å². The Bertz CT molecular complexity index is 2530. The molecule has 0 aromatic heterocycles. The van der Waals surface area contributed by atoms with Crippen molar-refractivity contribution in [2.75, 3.05) is 4.90 Å². The van der Waals surface area contributed by atoms with Gasteiger partial charge in [0.15, 0.2) is 0 Å². The van der Waals surface area contributed by atoms with Crippen molar-refractivity contribution >= 4 is 17.1 Å². The van der Waals surface area contributed by atoms with Gasteiger partial charge in [0.1, 0.15) is 0 Å². The molecule has 1 heteroatoms. The molecular formula is C61H67N. The molecule has 3 fully saturated rings. The maximum Gasteiger partial charge on any atom is 0.0496 e. The Morgan fingerprint density at radius 2 is 0.968 bits per heavy atom. The van der Waals surface area contributed by atoms with Crippen molar-refractivity contribution in [3.8, 4) is 33.4 Å². The van der Waals surface area contributed by atoms with Crippen molar-refractivity contribution in [2.24, 2.45) is 0 Å². The largest absolute Gasteiger partial charge is 0.310 e. The van der Waals surface area contributed by atoms with Crippen LogP contribution < -0.4 is 4.90 Å². The van der Waals surface area contributed by atoms with Gasteiger partial charge in [0.05, 0.1) is 0 Å². The van der Waals surface area contributed by atoms with E-state index in [0.29, 0.717) is 17.8 Å². The average molecular weight is 814 g/mol. The van der Waals surface area contributed by atoms with Crippen molar-refractivity contribution in [1.29, 1.82) is 0 Å². The van der Waals surface area contributed by atoms with Gasteiger partial charge in [-0.3, -0.25) is 0 Å². The van der Waals surface area contributed by atoms with Gasteiger partial charge >= 0.3 is 0 Å².